The van der Waals surface area contributed by atoms with Gasteiger partial charge in [-0.05, 0) is 17.7 Å². The summed E-state index contributed by atoms with van der Waals surface area (Å²) in [4.78, 5) is 10.7. The van der Waals surface area contributed by atoms with Gasteiger partial charge in [0, 0.05) is 5.75 Å². The van der Waals surface area contributed by atoms with Crippen LogP contribution in [0.4, 0.5) is 13.2 Å². The predicted octanol–water partition coefficient (Wildman–Crippen LogP) is 2.49. The van der Waals surface area contributed by atoms with Crippen LogP contribution in [0, 0.1) is 0 Å². The van der Waals surface area contributed by atoms with Gasteiger partial charge in [-0.25, -0.2) is 0 Å². The van der Waals surface area contributed by atoms with Crippen LogP contribution >= 0.6 is 11.8 Å². The number of carboxylic acid groups (broad SMARTS) is 1. The zero-order chi connectivity index (χ0) is 13.3. The maximum absolute atomic E-state index is 12.4. The standard InChI is InChI=1S/C11H10F3NO2S/c12-11(13,14)7-3-1-6(2-4-7)9-15-8(5-18-9)10(16)17/h1-4,8-9,15H,5H2,(H,16,17)/t8-,9+/m1/s1. The molecule has 1 heterocycles. The number of aliphatic carboxylic acids is 1. The lowest BCUT2D eigenvalue weighted by Crippen LogP contribution is -2.33. The Balaban J connectivity index is 2.10. The number of hydrogen-bond acceptors (Lipinski definition) is 3. The highest BCUT2D eigenvalue weighted by Gasteiger charge is 2.32. The molecule has 2 atom stereocenters. The van der Waals surface area contributed by atoms with Crippen LogP contribution in [0.5, 0.6) is 0 Å². The number of benzene rings is 1. The van der Waals surface area contributed by atoms with Crippen LogP contribution < -0.4 is 5.32 Å². The van der Waals surface area contributed by atoms with E-state index in [1.807, 2.05) is 0 Å². The van der Waals surface area contributed by atoms with Crippen molar-refractivity contribution in [3.05, 3.63) is 35.4 Å². The number of halogens is 3. The van der Waals surface area contributed by atoms with E-state index < -0.39 is 23.8 Å². The average Bonchev–Trinajstić information content (AvgIpc) is 2.77. The summed E-state index contributed by atoms with van der Waals surface area (Å²) in [6.07, 6.45) is -4.35. The highest BCUT2D eigenvalue weighted by Crippen LogP contribution is 2.35. The minimum Gasteiger partial charge on any atom is -0.480 e. The van der Waals surface area contributed by atoms with Crippen LogP contribution in [0.25, 0.3) is 0 Å². The van der Waals surface area contributed by atoms with Gasteiger partial charge < -0.3 is 5.11 Å². The third-order valence-corrected chi connectivity index (χ3v) is 3.89. The van der Waals surface area contributed by atoms with Crippen molar-refractivity contribution in [2.75, 3.05) is 5.75 Å². The van der Waals surface area contributed by atoms with Crippen molar-refractivity contribution < 1.29 is 23.1 Å². The second-order valence-corrected chi connectivity index (χ2v) is 5.03. The molecule has 18 heavy (non-hydrogen) atoms. The fraction of sp³-hybridized carbons (Fsp3) is 0.364. The van der Waals surface area contributed by atoms with Crippen LogP contribution in [0.1, 0.15) is 16.5 Å². The van der Waals surface area contributed by atoms with Crippen molar-refractivity contribution >= 4 is 17.7 Å². The molecule has 0 saturated carbocycles. The lowest BCUT2D eigenvalue weighted by Gasteiger charge is -2.12. The topological polar surface area (TPSA) is 49.3 Å². The SMILES string of the molecule is O=C(O)[C@H]1CS[C@@H](c2ccc(C(F)(F)F)cc2)N1. The van der Waals surface area contributed by atoms with E-state index in [1.165, 1.54) is 23.9 Å². The number of nitrogens with one attached hydrogen (secondary N) is 1. The van der Waals surface area contributed by atoms with Crippen molar-refractivity contribution in [3.63, 3.8) is 0 Å². The van der Waals surface area contributed by atoms with E-state index in [1.54, 1.807) is 0 Å². The molecule has 2 rings (SSSR count). The van der Waals surface area contributed by atoms with Gasteiger partial charge in [-0.1, -0.05) is 12.1 Å². The number of alkyl halides is 3. The minimum absolute atomic E-state index is 0.270. The zero-order valence-corrected chi connectivity index (χ0v) is 9.89. The van der Waals surface area contributed by atoms with Gasteiger partial charge in [-0.15, -0.1) is 11.8 Å². The first-order chi connectivity index (χ1) is 8.38. The molecule has 3 nitrogen and oxygen atoms in total. The quantitative estimate of drug-likeness (QED) is 0.872. The fourth-order valence-electron chi connectivity index (χ4n) is 1.65. The maximum atomic E-state index is 12.4. The highest BCUT2D eigenvalue weighted by molar-refractivity contribution is 7.99. The monoisotopic (exact) mass is 277 g/mol. The first-order valence-corrected chi connectivity index (χ1v) is 6.20. The molecule has 1 fully saturated rings. The molecule has 0 unspecified atom stereocenters. The van der Waals surface area contributed by atoms with Crippen molar-refractivity contribution in [1.82, 2.24) is 5.32 Å². The van der Waals surface area contributed by atoms with Crippen molar-refractivity contribution in [3.8, 4) is 0 Å². The van der Waals surface area contributed by atoms with E-state index in [9.17, 15) is 18.0 Å². The fourth-order valence-corrected chi connectivity index (χ4v) is 2.89. The normalized spacial score (nSPS) is 24.2. The summed E-state index contributed by atoms with van der Waals surface area (Å²) in [5, 5.41) is 11.4. The summed E-state index contributed by atoms with van der Waals surface area (Å²) < 4.78 is 37.1. The Morgan fingerprint density at radius 3 is 2.39 bits per heavy atom. The number of carbonyl (C=O) groups is 1. The first-order valence-electron chi connectivity index (χ1n) is 5.15. The third kappa shape index (κ3) is 2.78. The molecule has 7 heteroatoms. The maximum Gasteiger partial charge on any atom is 0.416 e. The Morgan fingerprint density at radius 2 is 1.94 bits per heavy atom. The Kier molecular flexibility index (Phi) is 3.54. The van der Waals surface area contributed by atoms with Gasteiger partial charge in [-0.3, -0.25) is 10.1 Å². The van der Waals surface area contributed by atoms with Crippen LogP contribution in [0.2, 0.25) is 0 Å². The Hall–Kier alpha value is -1.21. The molecule has 1 aliphatic heterocycles. The summed E-state index contributed by atoms with van der Waals surface area (Å²) in [5.41, 5.74) is -0.0548. The smallest absolute Gasteiger partial charge is 0.416 e. The predicted molar refractivity (Wildman–Crippen MR) is 61.2 cm³/mol. The van der Waals surface area contributed by atoms with E-state index in [4.69, 9.17) is 5.11 Å². The van der Waals surface area contributed by atoms with Crippen LogP contribution in [0.3, 0.4) is 0 Å². The molecule has 0 bridgehead atoms. The molecular weight excluding hydrogens is 267 g/mol. The molecule has 0 aromatic heterocycles. The van der Waals surface area contributed by atoms with Gasteiger partial charge in [0.25, 0.3) is 0 Å². The summed E-state index contributed by atoms with van der Waals surface area (Å²) in [5.74, 6) is -0.544. The van der Waals surface area contributed by atoms with Gasteiger partial charge >= 0.3 is 12.1 Å². The van der Waals surface area contributed by atoms with Crippen molar-refractivity contribution in [2.24, 2.45) is 0 Å². The lowest BCUT2D eigenvalue weighted by atomic mass is 10.1. The van der Waals surface area contributed by atoms with Gasteiger partial charge in [0.2, 0.25) is 0 Å². The molecule has 0 spiro atoms. The number of rotatable bonds is 2. The molecule has 1 saturated heterocycles. The summed E-state index contributed by atoms with van der Waals surface area (Å²) in [7, 11) is 0. The van der Waals surface area contributed by atoms with Crippen LogP contribution in [0.15, 0.2) is 24.3 Å². The molecule has 0 aliphatic carbocycles. The van der Waals surface area contributed by atoms with Gasteiger partial charge in [-0.2, -0.15) is 13.2 Å². The largest absolute Gasteiger partial charge is 0.480 e. The number of hydrogen-bond donors (Lipinski definition) is 2. The molecule has 0 amide bonds. The molecular formula is C11H10F3NO2S. The second-order valence-electron chi connectivity index (χ2n) is 3.89. The molecule has 2 N–H and O–H groups in total. The second kappa shape index (κ2) is 4.81. The Labute approximate surface area is 105 Å². The third-order valence-electron chi connectivity index (χ3n) is 2.62. The summed E-state index contributed by atoms with van der Waals surface area (Å²) in [6.45, 7) is 0. The van der Waals surface area contributed by atoms with E-state index in [0.29, 0.717) is 11.3 Å². The Morgan fingerprint density at radius 1 is 1.33 bits per heavy atom. The molecule has 1 aliphatic rings. The van der Waals surface area contributed by atoms with Crippen LogP contribution in [-0.4, -0.2) is 22.9 Å². The number of carboxylic acids is 1. The van der Waals surface area contributed by atoms with E-state index in [2.05, 4.69) is 5.32 Å². The molecule has 98 valence electrons. The van der Waals surface area contributed by atoms with Crippen LogP contribution in [-0.2, 0) is 11.0 Å². The highest BCUT2D eigenvalue weighted by atomic mass is 32.2. The summed E-state index contributed by atoms with van der Waals surface area (Å²) >= 11 is 1.37. The Bertz CT molecular complexity index is 447. The van der Waals surface area contributed by atoms with Crippen molar-refractivity contribution in [1.29, 1.82) is 0 Å². The first kappa shape index (κ1) is 13.2. The van der Waals surface area contributed by atoms with Gasteiger partial charge in [0.15, 0.2) is 0 Å². The van der Waals surface area contributed by atoms with E-state index in [-0.39, 0.29) is 5.37 Å². The minimum atomic E-state index is -4.35. The average molecular weight is 277 g/mol. The molecule has 1 aromatic rings. The van der Waals surface area contributed by atoms with Gasteiger partial charge in [0.05, 0.1) is 10.9 Å². The number of thioether (sulfide) groups is 1. The lowest BCUT2D eigenvalue weighted by molar-refractivity contribution is -0.139. The van der Waals surface area contributed by atoms with Gasteiger partial charge in [0.1, 0.15) is 6.04 Å². The molecule has 1 aromatic carbocycles. The van der Waals surface area contributed by atoms with E-state index in [0.717, 1.165) is 12.1 Å². The zero-order valence-electron chi connectivity index (χ0n) is 9.07. The van der Waals surface area contributed by atoms with E-state index >= 15 is 0 Å². The molecule has 0 radical (unpaired) electrons. The summed E-state index contributed by atoms with van der Waals surface area (Å²) in [6, 6.07) is 4.11. The van der Waals surface area contributed by atoms with Crippen molar-refractivity contribution in [2.45, 2.75) is 17.6 Å².